The fourth-order valence-electron chi connectivity index (χ4n) is 1.50. The number of aliphatic hydroxyl groups is 5. The first-order valence-electron chi connectivity index (χ1n) is 5.14. The molecule has 96 valence electrons. The molecule has 6 nitrogen and oxygen atoms in total. The zero-order chi connectivity index (χ0) is 12.9. The van der Waals surface area contributed by atoms with Crippen LogP contribution in [0.1, 0.15) is 26.7 Å². The van der Waals surface area contributed by atoms with E-state index in [0.717, 1.165) is 0 Å². The summed E-state index contributed by atoms with van der Waals surface area (Å²) in [6.07, 6.45) is -5.54. The molecule has 0 radical (unpaired) electrons. The van der Waals surface area contributed by atoms with E-state index in [1.807, 2.05) is 0 Å². The lowest BCUT2D eigenvalue weighted by Crippen LogP contribution is -2.54. The van der Waals surface area contributed by atoms with Gasteiger partial charge in [0.15, 0.2) is 0 Å². The predicted molar refractivity (Wildman–Crippen MR) is 55.6 cm³/mol. The van der Waals surface area contributed by atoms with Gasteiger partial charge >= 0.3 is 0 Å². The molecule has 0 rings (SSSR count). The third-order valence-electron chi connectivity index (χ3n) is 2.56. The maximum absolute atomic E-state index is 10.3. The molecule has 0 aromatic heterocycles. The van der Waals surface area contributed by atoms with Crippen LogP contribution in [0, 0.1) is 0 Å². The molecule has 5 N–H and O–H groups in total. The number of rotatable bonds is 7. The zero-order valence-electron chi connectivity index (χ0n) is 9.45. The second-order valence-electron chi connectivity index (χ2n) is 4.18. The molecular formula is C10H20O6. The smallest absolute Gasteiger partial charge is 0.148 e. The van der Waals surface area contributed by atoms with Crippen LogP contribution in [0.25, 0.3) is 0 Å². The zero-order valence-corrected chi connectivity index (χ0v) is 9.45. The van der Waals surface area contributed by atoms with E-state index in [0.29, 0.717) is 0 Å². The average Bonchev–Trinajstić information content (AvgIpc) is 2.15. The number of hydrogen-bond acceptors (Lipinski definition) is 6. The third-order valence-corrected chi connectivity index (χ3v) is 2.56. The van der Waals surface area contributed by atoms with Crippen molar-refractivity contribution in [1.29, 1.82) is 0 Å². The van der Waals surface area contributed by atoms with Gasteiger partial charge in [0.2, 0.25) is 0 Å². The van der Waals surface area contributed by atoms with E-state index in [1.165, 1.54) is 13.8 Å². The first-order valence-corrected chi connectivity index (χ1v) is 5.14. The Hall–Kier alpha value is -0.530. The van der Waals surface area contributed by atoms with Crippen molar-refractivity contribution >= 4 is 6.29 Å². The van der Waals surface area contributed by atoms with Crippen molar-refractivity contribution in [2.75, 3.05) is 0 Å². The van der Waals surface area contributed by atoms with Crippen LogP contribution in [0.3, 0.4) is 0 Å². The summed E-state index contributed by atoms with van der Waals surface area (Å²) in [6.45, 7) is 2.66. The van der Waals surface area contributed by atoms with Gasteiger partial charge in [-0.25, -0.2) is 0 Å². The highest BCUT2D eigenvalue weighted by Crippen LogP contribution is 2.25. The predicted octanol–water partition coefficient (Wildman–Crippen LogP) is -1.82. The van der Waals surface area contributed by atoms with Gasteiger partial charge < -0.3 is 30.3 Å². The van der Waals surface area contributed by atoms with Crippen LogP contribution in [-0.4, -0.2) is 61.8 Å². The standard InChI is InChI=1S/C10H20O6/c1-6(12)3-9(15)10(16,7(2)13)4-8(14)5-11/h5-9,12-16H,3-4H2,1-2H3/t6-,7-,8-,9+,10-/m1/s1. The maximum atomic E-state index is 10.3. The molecule has 0 aliphatic carbocycles. The van der Waals surface area contributed by atoms with Gasteiger partial charge in [0.05, 0.1) is 18.3 Å². The van der Waals surface area contributed by atoms with E-state index in [2.05, 4.69) is 0 Å². The van der Waals surface area contributed by atoms with Gasteiger partial charge in [0.1, 0.15) is 18.0 Å². The van der Waals surface area contributed by atoms with Gasteiger partial charge in [-0.1, -0.05) is 0 Å². The SMILES string of the molecule is C[C@@H](O)C[C@H](O)[C@@](O)(C[C@@H](O)C=O)[C@@H](C)O. The molecule has 0 saturated carbocycles. The Morgan fingerprint density at radius 1 is 1.19 bits per heavy atom. The van der Waals surface area contributed by atoms with Crippen LogP contribution >= 0.6 is 0 Å². The summed E-state index contributed by atoms with van der Waals surface area (Å²) in [5.74, 6) is 0. The minimum atomic E-state index is -2.02. The van der Waals surface area contributed by atoms with Crippen molar-refractivity contribution in [2.24, 2.45) is 0 Å². The molecular weight excluding hydrogens is 216 g/mol. The molecule has 0 saturated heterocycles. The highest BCUT2D eigenvalue weighted by atomic mass is 16.4. The summed E-state index contributed by atoms with van der Waals surface area (Å²) in [4.78, 5) is 10.3. The number of aliphatic hydroxyl groups excluding tert-OH is 4. The summed E-state index contributed by atoms with van der Waals surface area (Å²) in [5, 5.41) is 47.2. The summed E-state index contributed by atoms with van der Waals surface area (Å²) in [5.41, 5.74) is -2.02. The molecule has 5 atom stereocenters. The van der Waals surface area contributed by atoms with Gasteiger partial charge in [0.25, 0.3) is 0 Å². The van der Waals surface area contributed by atoms with Crippen molar-refractivity contribution < 1.29 is 30.3 Å². The van der Waals surface area contributed by atoms with Crippen LogP contribution in [-0.2, 0) is 4.79 Å². The number of hydrogen-bond donors (Lipinski definition) is 5. The molecule has 0 fully saturated rings. The quantitative estimate of drug-likeness (QED) is 0.332. The van der Waals surface area contributed by atoms with Crippen molar-refractivity contribution in [3.05, 3.63) is 0 Å². The van der Waals surface area contributed by atoms with Gasteiger partial charge in [-0.3, -0.25) is 0 Å². The lowest BCUT2D eigenvalue weighted by Gasteiger charge is -2.36. The van der Waals surface area contributed by atoms with Crippen molar-refractivity contribution in [1.82, 2.24) is 0 Å². The molecule has 0 aliphatic rings. The van der Waals surface area contributed by atoms with E-state index in [4.69, 9.17) is 10.2 Å². The summed E-state index contributed by atoms with van der Waals surface area (Å²) in [7, 11) is 0. The van der Waals surface area contributed by atoms with Gasteiger partial charge in [0, 0.05) is 12.8 Å². The highest BCUT2D eigenvalue weighted by molar-refractivity contribution is 5.55. The normalized spacial score (nSPS) is 22.9. The van der Waals surface area contributed by atoms with Crippen molar-refractivity contribution in [3.8, 4) is 0 Å². The minimum Gasteiger partial charge on any atom is -0.393 e. The Bertz CT molecular complexity index is 217. The van der Waals surface area contributed by atoms with E-state index < -0.39 is 36.4 Å². The first-order chi connectivity index (χ1) is 7.24. The third kappa shape index (κ3) is 4.15. The Kier molecular flexibility index (Phi) is 6.06. The van der Waals surface area contributed by atoms with E-state index in [-0.39, 0.29) is 12.7 Å². The molecule has 0 amide bonds. The molecule has 6 heteroatoms. The first kappa shape index (κ1) is 15.5. The Labute approximate surface area is 94.2 Å². The lowest BCUT2D eigenvalue weighted by atomic mass is 9.83. The maximum Gasteiger partial charge on any atom is 0.148 e. The summed E-state index contributed by atoms with van der Waals surface area (Å²) < 4.78 is 0. The molecule has 0 aliphatic heterocycles. The average molecular weight is 236 g/mol. The van der Waals surface area contributed by atoms with E-state index in [1.54, 1.807) is 0 Å². The largest absolute Gasteiger partial charge is 0.393 e. The second kappa shape index (κ2) is 6.27. The number of carbonyl (C=O) groups is 1. The summed E-state index contributed by atoms with van der Waals surface area (Å²) >= 11 is 0. The van der Waals surface area contributed by atoms with E-state index in [9.17, 15) is 20.1 Å². The van der Waals surface area contributed by atoms with Crippen LogP contribution in [0.5, 0.6) is 0 Å². The molecule has 0 aromatic carbocycles. The fraction of sp³-hybridized carbons (Fsp3) is 0.900. The second-order valence-corrected chi connectivity index (χ2v) is 4.18. The fourth-order valence-corrected chi connectivity index (χ4v) is 1.50. The topological polar surface area (TPSA) is 118 Å². The van der Waals surface area contributed by atoms with Crippen LogP contribution in [0.4, 0.5) is 0 Å². The van der Waals surface area contributed by atoms with Gasteiger partial charge in [-0.15, -0.1) is 0 Å². The molecule has 0 heterocycles. The number of aldehydes is 1. The van der Waals surface area contributed by atoms with Crippen LogP contribution in [0.2, 0.25) is 0 Å². The van der Waals surface area contributed by atoms with Crippen molar-refractivity contribution in [3.63, 3.8) is 0 Å². The Morgan fingerprint density at radius 2 is 1.69 bits per heavy atom. The van der Waals surface area contributed by atoms with E-state index >= 15 is 0 Å². The Morgan fingerprint density at radius 3 is 2.00 bits per heavy atom. The Balaban J connectivity index is 4.73. The lowest BCUT2D eigenvalue weighted by molar-refractivity contribution is -0.166. The molecule has 0 aromatic rings. The summed E-state index contributed by atoms with van der Waals surface area (Å²) in [6, 6.07) is 0. The molecule has 0 unspecified atom stereocenters. The van der Waals surface area contributed by atoms with Crippen molar-refractivity contribution in [2.45, 2.75) is 56.7 Å². The van der Waals surface area contributed by atoms with Crippen LogP contribution in [0.15, 0.2) is 0 Å². The molecule has 16 heavy (non-hydrogen) atoms. The van der Waals surface area contributed by atoms with Crippen LogP contribution < -0.4 is 0 Å². The monoisotopic (exact) mass is 236 g/mol. The minimum absolute atomic E-state index is 0.160. The van der Waals surface area contributed by atoms with Gasteiger partial charge in [-0.05, 0) is 13.8 Å². The highest BCUT2D eigenvalue weighted by Gasteiger charge is 2.42. The molecule has 0 bridgehead atoms. The molecule has 0 spiro atoms. The number of carbonyl (C=O) groups excluding carboxylic acids is 1. The van der Waals surface area contributed by atoms with Gasteiger partial charge in [-0.2, -0.15) is 0 Å².